The van der Waals surface area contributed by atoms with Gasteiger partial charge in [0.1, 0.15) is 11.7 Å². The Balaban J connectivity index is 1.85. The molecule has 0 spiro atoms. The minimum atomic E-state index is -4.24. The maximum absolute atomic E-state index is 14.3. The Morgan fingerprint density at radius 3 is 2.50 bits per heavy atom. The molecule has 208 valence electrons. The Morgan fingerprint density at radius 1 is 1.05 bits per heavy atom. The molecule has 5 rings (SSSR count). The molecule has 1 aromatic heterocycles. The first-order valence-corrected chi connectivity index (χ1v) is 14.9. The molecule has 0 radical (unpaired) electrons. The number of sulfonamides is 1. The number of hydrogen-bond donors (Lipinski definition) is 2. The van der Waals surface area contributed by atoms with Gasteiger partial charge in [-0.1, -0.05) is 92.1 Å². The van der Waals surface area contributed by atoms with Gasteiger partial charge in [0.25, 0.3) is 15.6 Å². The summed E-state index contributed by atoms with van der Waals surface area (Å²) in [5, 5.41) is 11.8. The zero-order valence-electron chi connectivity index (χ0n) is 22.6. The minimum Gasteiger partial charge on any atom is -0.480 e. The Bertz CT molecular complexity index is 1770. The molecule has 40 heavy (non-hydrogen) atoms. The number of nitrogen functional groups attached to an aromatic ring is 1. The van der Waals surface area contributed by atoms with Gasteiger partial charge in [0.05, 0.1) is 0 Å². The van der Waals surface area contributed by atoms with Crippen molar-refractivity contribution in [3.8, 4) is 11.1 Å². The highest BCUT2D eigenvalue weighted by molar-refractivity contribution is 7.89. The topological polar surface area (TPSA) is 123 Å². The fourth-order valence-electron chi connectivity index (χ4n) is 5.62. The summed E-state index contributed by atoms with van der Waals surface area (Å²) in [5.74, 6) is -1.28. The number of aliphatic carboxylic acids is 1. The summed E-state index contributed by atoms with van der Waals surface area (Å²) in [7, 11) is -4.24. The number of rotatable bonds is 8. The molecule has 4 aromatic rings. The third kappa shape index (κ3) is 4.80. The van der Waals surface area contributed by atoms with Crippen molar-refractivity contribution < 1.29 is 18.3 Å². The minimum absolute atomic E-state index is 0.144. The average molecular weight is 560 g/mol. The van der Waals surface area contributed by atoms with Crippen LogP contribution in [0.25, 0.3) is 21.9 Å². The van der Waals surface area contributed by atoms with E-state index in [1.165, 1.54) is 4.31 Å². The standard InChI is InChI=1S/C31H33N3O5S/c1-3-4-7-16-33-19-26(31(36)37)34-29(35)28(32)25(18-22-13-9-12-21-11-5-6-15-24(21)22)27(30(34)40(33,38)39)23-14-8-10-20(2)17-23/h5-6,8-15,17,26H,3-4,7,16,18-19,32H2,1-2H3,(H,36,37). The first kappa shape index (κ1) is 27.6. The van der Waals surface area contributed by atoms with Gasteiger partial charge >= 0.3 is 5.97 Å². The fourth-order valence-corrected chi connectivity index (χ4v) is 7.53. The first-order chi connectivity index (χ1) is 19.1. The Morgan fingerprint density at radius 2 is 1.77 bits per heavy atom. The highest BCUT2D eigenvalue weighted by Crippen LogP contribution is 2.40. The predicted octanol–water partition coefficient (Wildman–Crippen LogP) is 4.97. The van der Waals surface area contributed by atoms with Gasteiger partial charge in [-0.25, -0.2) is 13.2 Å². The van der Waals surface area contributed by atoms with Crippen LogP contribution in [0.3, 0.4) is 0 Å². The molecule has 1 atom stereocenters. The molecule has 2 heterocycles. The lowest BCUT2D eigenvalue weighted by atomic mass is 9.92. The van der Waals surface area contributed by atoms with E-state index < -0.39 is 27.6 Å². The van der Waals surface area contributed by atoms with E-state index in [-0.39, 0.29) is 35.8 Å². The number of benzene rings is 3. The van der Waals surface area contributed by atoms with Crippen LogP contribution in [-0.4, -0.2) is 41.5 Å². The predicted molar refractivity (Wildman–Crippen MR) is 157 cm³/mol. The summed E-state index contributed by atoms with van der Waals surface area (Å²) in [5.41, 5.74) is 8.57. The maximum Gasteiger partial charge on any atom is 0.328 e. The van der Waals surface area contributed by atoms with E-state index >= 15 is 0 Å². The van der Waals surface area contributed by atoms with E-state index in [1.807, 2.05) is 74.5 Å². The van der Waals surface area contributed by atoms with Gasteiger partial charge in [0, 0.05) is 25.1 Å². The summed E-state index contributed by atoms with van der Waals surface area (Å²) >= 11 is 0. The number of anilines is 1. The van der Waals surface area contributed by atoms with Crippen LogP contribution in [0.5, 0.6) is 0 Å². The summed E-state index contributed by atoms with van der Waals surface area (Å²) in [6.07, 6.45) is 2.47. The van der Waals surface area contributed by atoms with Crippen molar-refractivity contribution in [2.45, 2.75) is 50.6 Å². The van der Waals surface area contributed by atoms with Crippen LogP contribution < -0.4 is 11.3 Å². The van der Waals surface area contributed by atoms with Crippen molar-refractivity contribution in [1.29, 1.82) is 0 Å². The number of carbonyl (C=O) groups is 1. The molecule has 8 nitrogen and oxygen atoms in total. The number of aromatic nitrogens is 1. The van der Waals surface area contributed by atoms with Gasteiger partial charge in [-0.05, 0) is 40.8 Å². The van der Waals surface area contributed by atoms with Crippen LogP contribution >= 0.6 is 0 Å². The van der Waals surface area contributed by atoms with Crippen molar-refractivity contribution in [2.24, 2.45) is 0 Å². The van der Waals surface area contributed by atoms with Crippen molar-refractivity contribution >= 4 is 32.5 Å². The molecule has 9 heteroatoms. The number of pyridine rings is 1. The molecule has 1 unspecified atom stereocenters. The molecule has 0 saturated heterocycles. The van der Waals surface area contributed by atoms with E-state index in [9.17, 15) is 23.1 Å². The number of hydrogen-bond acceptors (Lipinski definition) is 5. The van der Waals surface area contributed by atoms with Crippen LogP contribution in [0.2, 0.25) is 0 Å². The van der Waals surface area contributed by atoms with Crippen molar-refractivity contribution in [1.82, 2.24) is 8.87 Å². The summed E-state index contributed by atoms with van der Waals surface area (Å²) in [6.45, 7) is 3.75. The molecule has 0 saturated carbocycles. The average Bonchev–Trinajstić information content (AvgIpc) is 2.93. The largest absolute Gasteiger partial charge is 0.480 e. The molecule has 0 aliphatic carbocycles. The van der Waals surface area contributed by atoms with Crippen LogP contribution in [0, 0.1) is 6.92 Å². The van der Waals surface area contributed by atoms with Gasteiger partial charge in [0.2, 0.25) is 0 Å². The zero-order chi connectivity index (χ0) is 28.6. The van der Waals surface area contributed by atoms with Gasteiger partial charge in [-0.3, -0.25) is 9.36 Å². The Labute approximate surface area is 233 Å². The lowest BCUT2D eigenvalue weighted by Crippen LogP contribution is -2.50. The maximum atomic E-state index is 14.3. The van der Waals surface area contributed by atoms with Crippen LogP contribution in [-0.2, 0) is 21.2 Å². The number of carboxylic acid groups (broad SMARTS) is 1. The molecule has 3 N–H and O–H groups in total. The third-order valence-electron chi connectivity index (χ3n) is 7.63. The molecule has 3 aromatic carbocycles. The highest BCUT2D eigenvalue weighted by Gasteiger charge is 2.44. The Kier molecular flexibility index (Phi) is 7.53. The van der Waals surface area contributed by atoms with Crippen LogP contribution in [0.4, 0.5) is 5.69 Å². The third-order valence-corrected chi connectivity index (χ3v) is 9.53. The first-order valence-electron chi connectivity index (χ1n) is 13.5. The molecule has 0 bridgehead atoms. The van der Waals surface area contributed by atoms with Gasteiger partial charge in [0.15, 0.2) is 5.03 Å². The fraction of sp³-hybridized carbons (Fsp3) is 0.290. The number of unbranched alkanes of at least 4 members (excludes halogenated alkanes) is 2. The van der Waals surface area contributed by atoms with Gasteiger partial charge < -0.3 is 10.8 Å². The molecule has 1 aliphatic rings. The second-order valence-electron chi connectivity index (χ2n) is 10.4. The van der Waals surface area contributed by atoms with E-state index in [0.717, 1.165) is 39.3 Å². The van der Waals surface area contributed by atoms with Crippen molar-refractivity contribution in [3.05, 3.63) is 93.8 Å². The molecule has 0 fully saturated rings. The summed E-state index contributed by atoms with van der Waals surface area (Å²) in [6, 6.07) is 19.6. The molecule has 1 aliphatic heterocycles. The smallest absolute Gasteiger partial charge is 0.328 e. The number of carboxylic acids is 1. The summed E-state index contributed by atoms with van der Waals surface area (Å²) < 4.78 is 30.6. The normalized spacial score (nSPS) is 16.6. The van der Waals surface area contributed by atoms with E-state index in [0.29, 0.717) is 17.5 Å². The van der Waals surface area contributed by atoms with Gasteiger partial charge in [-0.2, -0.15) is 4.31 Å². The monoisotopic (exact) mass is 559 g/mol. The number of aryl methyl sites for hydroxylation is 1. The summed E-state index contributed by atoms with van der Waals surface area (Å²) in [4.78, 5) is 26.3. The lowest BCUT2D eigenvalue weighted by Gasteiger charge is -2.35. The number of nitrogens with two attached hydrogens (primary N) is 1. The number of nitrogens with zero attached hydrogens (tertiary/aromatic N) is 2. The van der Waals surface area contributed by atoms with E-state index in [2.05, 4.69) is 0 Å². The second-order valence-corrected chi connectivity index (χ2v) is 12.2. The quantitative estimate of drug-likeness (QED) is 0.294. The van der Waals surface area contributed by atoms with Gasteiger partial charge in [-0.15, -0.1) is 0 Å². The zero-order valence-corrected chi connectivity index (χ0v) is 23.4. The SMILES string of the molecule is CCCCCN1CC(C(=O)O)n2c(c(-c3cccc(C)c3)c(Cc3cccc4ccccc34)c(N)c2=O)S1(=O)=O. The number of fused-ring (bicyclic) bond motifs is 2. The second kappa shape index (κ2) is 10.9. The van der Waals surface area contributed by atoms with Crippen molar-refractivity contribution in [3.63, 3.8) is 0 Å². The molecule has 0 amide bonds. The lowest BCUT2D eigenvalue weighted by molar-refractivity contribution is -0.141. The molecular weight excluding hydrogens is 526 g/mol. The van der Waals surface area contributed by atoms with E-state index in [4.69, 9.17) is 5.73 Å². The molecular formula is C31H33N3O5S. The van der Waals surface area contributed by atoms with Crippen LogP contribution in [0.15, 0.2) is 76.6 Å². The van der Waals surface area contributed by atoms with E-state index in [1.54, 1.807) is 6.07 Å². The Hall–Kier alpha value is -3.95. The highest BCUT2D eigenvalue weighted by atomic mass is 32.2. The van der Waals surface area contributed by atoms with Crippen LogP contribution in [0.1, 0.15) is 48.9 Å². The van der Waals surface area contributed by atoms with Crippen molar-refractivity contribution in [2.75, 3.05) is 18.8 Å².